The first kappa shape index (κ1) is 21.5. The second-order valence-corrected chi connectivity index (χ2v) is 7.09. The third-order valence-electron chi connectivity index (χ3n) is 4.26. The molecule has 1 fully saturated rings. The van der Waals surface area contributed by atoms with E-state index in [4.69, 9.17) is 18.9 Å². The fourth-order valence-corrected chi connectivity index (χ4v) is 3.68. The molecule has 158 valence electrons. The Hall–Kier alpha value is -3.20. The Bertz CT molecular complexity index is 951. The zero-order valence-electron chi connectivity index (χ0n) is 16.6. The van der Waals surface area contributed by atoms with E-state index >= 15 is 0 Å². The molecule has 1 saturated heterocycles. The molecule has 1 heterocycles. The van der Waals surface area contributed by atoms with Crippen molar-refractivity contribution in [3.05, 3.63) is 52.7 Å². The van der Waals surface area contributed by atoms with E-state index in [1.165, 1.54) is 45.6 Å². The molecule has 2 amide bonds. The van der Waals surface area contributed by atoms with Crippen molar-refractivity contribution in [1.29, 1.82) is 0 Å². The summed E-state index contributed by atoms with van der Waals surface area (Å²) in [5.41, 5.74) is 0.623. The van der Waals surface area contributed by atoms with Gasteiger partial charge in [0.2, 0.25) is 5.75 Å². The molecule has 0 N–H and O–H groups in total. The molecule has 0 bridgehead atoms. The molecule has 2 aromatic rings. The molecule has 1 aliphatic heterocycles. The molecule has 9 heteroatoms. The van der Waals surface area contributed by atoms with Crippen LogP contribution in [0.4, 0.5) is 9.18 Å². The van der Waals surface area contributed by atoms with Crippen LogP contribution in [-0.4, -0.2) is 50.5 Å². The van der Waals surface area contributed by atoms with Gasteiger partial charge in [0.25, 0.3) is 11.1 Å². The Balaban J connectivity index is 1.72. The SMILES string of the molecule is COc1cc(/C=C2\SC(=O)N(CCOc3ccc(F)cc3)C2=O)cc(OC)c1OC. The standard InChI is InChI=1S/C21H20FNO6S/c1-26-16-10-13(11-17(27-2)19(16)28-3)12-18-20(24)23(21(25)30-18)8-9-29-15-6-4-14(22)5-7-15/h4-7,10-12H,8-9H2,1-3H3/b18-12-. The van der Waals surface area contributed by atoms with Crippen LogP contribution < -0.4 is 18.9 Å². The number of rotatable bonds is 8. The molecular formula is C21H20FNO6S. The van der Waals surface area contributed by atoms with Crippen molar-refractivity contribution in [2.75, 3.05) is 34.5 Å². The van der Waals surface area contributed by atoms with Crippen LogP contribution in [0.3, 0.4) is 0 Å². The van der Waals surface area contributed by atoms with Crippen molar-refractivity contribution >= 4 is 29.0 Å². The van der Waals surface area contributed by atoms with Crippen molar-refractivity contribution in [3.63, 3.8) is 0 Å². The lowest BCUT2D eigenvalue weighted by Gasteiger charge is -2.13. The molecule has 0 aliphatic carbocycles. The minimum atomic E-state index is -0.415. The second-order valence-electron chi connectivity index (χ2n) is 6.09. The normalized spacial score (nSPS) is 14.9. The average Bonchev–Trinajstić information content (AvgIpc) is 3.01. The first-order valence-corrected chi connectivity index (χ1v) is 9.72. The van der Waals surface area contributed by atoms with Gasteiger partial charge in [-0.15, -0.1) is 0 Å². The monoisotopic (exact) mass is 433 g/mol. The van der Waals surface area contributed by atoms with Crippen LogP contribution in [0.25, 0.3) is 6.08 Å². The second kappa shape index (κ2) is 9.53. The number of benzene rings is 2. The largest absolute Gasteiger partial charge is 0.493 e. The van der Waals surface area contributed by atoms with Crippen molar-refractivity contribution in [3.8, 4) is 23.0 Å². The summed E-state index contributed by atoms with van der Waals surface area (Å²) in [5.74, 6) is 0.983. The van der Waals surface area contributed by atoms with Gasteiger partial charge in [0.05, 0.1) is 32.8 Å². The van der Waals surface area contributed by atoms with Crippen LogP contribution >= 0.6 is 11.8 Å². The summed E-state index contributed by atoms with van der Waals surface area (Å²) in [4.78, 5) is 26.3. The predicted molar refractivity (Wildman–Crippen MR) is 111 cm³/mol. The maximum absolute atomic E-state index is 12.9. The molecule has 7 nitrogen and oxygen atoms in total. The van der Waals surface area contributed by atoms with E-state index in [2.05, 4.69) is 0 Å². The lowest BCUT2D eigenvalue weighted by Crippen LogP contribution is -2.32. The number of ether oxygens (including phenoxy) is 4. The summed E-state index contributed by atoms with van der Waals surface area (Å²) in [5, 5.41) is -0.388. The number of carbonyl (C=O) groups is 2. The molecule has 0 saturated carbocycles. The summed E-state index contributed by atoms with van der Waals surface area (Å²) in [7, 11) is 4.49. The first-order chi connectivity index (χ1) is 14.5. The van der Waals surface area contributed by atoms with Gasteiger partial charge in [-0.25, -0.2) is 4.39 Å². The van der Waals surface area contributed by atoms with E-state index in [-0.39, 0.29) is 29.1 Å². The summed E-state index contributed by atoms with van der Waals surface area (Å²) in [6.45, 7) is 0.176. The highest BCUT2D eigenvalue weighted by Gasteiger charge is 2.35. The van der Waals surface area contributed by atoms with Gasteiger partial charge in [-0.2, -0.15) is 0 Å². The number of amides is 2. The molecule has 0 atom stereocenters. The Labute approximate surface area is 177 Å². The van der Waals surface area contributed by atoms with Gasteiger partial charge in [0.15, 0.2) is 11.5 Å². The molecule has 0 radical (unpaired) electrons. The Morgan fingerprint density at radius 1 is 1.00 bits per heavy atom. The highest BCUT2D eigenvalue weighted by Crippen LogP contribution is 2.40. The highest BCUT2D eigenvalue weighted by atomic mass is 32.2. The van der Waals surface area contributed by atoms with Crippen LogP contribution in [0.1, 0.15) is 5.56 Å². The van der Waals surface area contributed by atoms with Gasteiger partial charge in [0, 0.05) is 0 Å². The summed E-state index contributed by atoms with van der Waals surface area (Å²) in [6, 6.07) is 8.88. The van der Waals surface area contributed by atoms with E-state index in [1.807, 2.05) is 0 Å². The Morgan fingerprint density at radius 3 is 2.20 bits per heavy atom. The number of hydrogen-bond donors (Lipinski definition) is 0. The molecule has 30 heavy (non-hydrogen) atoms. The summed E-state index contributed by atoms with van der Waals surface area (Å²) < 4.78 is 34.3. The van der Waals surface area contributed by atoms with Gasteiger partial charge in [-0.1, -0.05) is 0 Å². The van der Waals surface area contributed by atoms with E-state index in [0.717, 1.165) is 16.7 Å². The number of hydrogen-bond acceptors (Lipinski definition) is 7. The third-order valence-corrected chi connectivity index (χ3v) is 5.16. The Kier molecular flexibility index (Phi) is 6.83. The van der Waals surface area contributed by atoms with Gasteiger partial charge in [0.1, 0.15) is 18.2 Å². The number of methoxy groups -OCH3 is 3. The van der Waals surface area contributed by atoms with Crippen molar-refractivity contribution in [2.24, 2.45) is 0 Å². The molecule has 0 spiro atoms. The van der Waals surface area contributed by atoms with Gasteiger partial charge >= 0.3 is 0 Å². The molecule has 0 aromatic heterocycles. The van der Waals surface area contributed by atoms with E-state index in [9.17, 15) is 14.0 Å². The topological polar surface area (TPSA) is 74.3 Å². The van der Waals surface area contributed by atoms with Crippen LogP contribution in [0.5, 0.6) is 23.0 Å². The quantitative estimate of drug-likeness (QED) is 0.583. The molecule has 2 aromatic carbocycles. The van der Waals surface area contributed by atoms with Crippen molar-refractivity contribution in [2.45, 2.75) is 0 Å². The fraction of sp³-hybridized carbons (Fsp3) is 0.238. The van der Waals surface area contributed by atoms with Crippen molar-refractivity contribution < 1.29 is 32.9 Å². The highest BCUT2D eigenvalue weighted by molar-refractivity contribution is 8.18. The van der Waals surface area contributed by atoms with E-state index < -0.39 is 5.91 Å². The average molecular weight is 433 g/mol. The minimum absolute atomic E-state index is 0.0780. The zero-order valence-corrected chi connectivity index (χ0v) is 17.5. The molecule has 3 rings (SSSR count). The van der Waals surface area contributed by atoms with Crippen LogP contribution in [0.15, 0.2) is 41.3 Å². The lowest BCUT2D eigenvalue weighted by molar-refractivity contribution is -0.123. The minimum Gasteiger partial charge on any atom is -0.493 e. The number of carbonyl (C=O) groups excluding carboxylic acids is 2. The number of thioether (sulfide) groups is 1. The van der Waals surface area contributed by atoms with Crippen molar-refractivity contribution in [1.82, 2.24) is 4.90 Å². The van der Waals surface area contributed by atoms with E-state index in [1.54, 1.807) is 18.2 Å². The van der Waals surface area contributed by atoms with Gasteiger partial charge in [-0.05, 0) is 59.8 Å². The number of nitrogens with zero attached hydrogens (tertiary/aromatic N) is 1. The summed E-state index contributed by atoms with van der Waals surface area (Å²) >= 11 is 0.842. The summed E-state index contributed by atoms with van der Waals surface area (Å²) in [6.07, 6.45) is 1.59. The maximum atomic E-state index is 12.9. The maximum Gasteiger partial charge on any atom is 0.293 e. The number of halogens is 1. The van der Waals surface area contributed by atoms with Crippen LogP contribution in [0.2, 0.25) is 0 Å². The molecular weight excluding hydrogens is 413 g/mol. The van der Waals surface area contributed by atoms with Gasteiger partial charge < -0.3 is 18.9 Å². The zero-order chi connectivity index (χ0) is 21.7. The van der Waals surface area contributed by atoms with Crippen LogP contribution in [-0.2, 0) is 4.79 Å². The van der Waals surface area contributed by atoms with E-state index in [0.29, 0.717) is 28.6 Å². The third kappa shape index (κ3) is 4.68. The first-order valence-electron chi connectivity index (χ1n) is 8.90. The molecule has 1 aliphatic rings. The number of imide groups is 1. The van der Waals surface area contributed by atoms with Crippen LogP contribution in [0, 0.1) is 5.82 Å². The predicted octanol–water partition coefficient (Wildman–Crippen LogP) is 3.97. The van der Waals surface area contributed by atoms with Gasteiger partial charge in [-0.3, -0.25) is 14.5 Å². The lowest BCUT2D eigenvalue weighted by atomic mass is 10.1. The molecule has 0 unspecified atom stereocenters. The smallest absolute Gasteiger partial charge is 0.293 e. The fourth-order valence-electron chi connectivity index (χ4n) is 2.81. The Morgan fingerprint density at radius 2 is 1.63 bits per heavy atom.